The molecule has 19 heavy (non-hydrogen) atoms. The normalized spacial score (nSPS) is 20.6. The fourth-order valence-corrected chi connectivity index (χ4v) is 3.34. The lowest BCUT2D eigenvalue weighted by atomic mass is 10.2. The number of nitrogens with zero attached hydrogens (tertiary/aromatic N) is 2. The van der Waals surface area contributed by atoms with Crippen molar-refractivity contribution in [2.75, 3.05) is 37.6 Å². The second-order valence-electron chi connectivity index (χ2n) is 5.56. The SMILES string of the molecule is O=Cc1ccc(N2CCN(CC3CC3)CC2)c(Br)c1. The van der Waals surface area contributed by atoms with Crippen LogP contribution in [0.4, 0.5) is 5.69 Å². The number of carbonyl (C=O) groups excluding carboxylic acids is 1. The van der Waals surface area contributed by atoms with Gasteiger partial charge in [0.05, 0.1) is 5.69 Å². The summed E-state index contributed by atoms with van der Waals surface area (Å²) >= 11 is 3.57. The summed E-state index contributed by atoms with van der Waals surface area (Å²) in [6.45, 7) is 5.74. The minimum atomic E-state index is 0.725. The van der Waals surface area contributed by atoms with E-state index in [2.05, 4.69) is 25.7 Å². The van der Waals surface area contributed by atoms with E-state index in [1.54, 1.807) is 0 Å². The van der Waals surface area contributed by atoms with Crippen molar-refractivity contribution in [3.63, 3.8) is 0 Å². The van der Waals surface area contributed by atoms with Gasteiger partial charge in [-0.15, -0.1) is 0 Å². The summed E-state index contributed by atoms with van der Waals surface area (Å²) in [5, 5.41) is 0. The quantitative estimate of drug-likeness (QED) is 0.796. The summed E-state index contributed by atoms with van der Waals surface area (Å²) in [5.74, 6) is 0.977. The second-order valence-corrected chi connectivity index (χ2v) is 6.41. The summed E-state index contributed by atoms with van der Waals surface area (Å²) < 4.78 is 1.02. The summed E-state index contributed by atoms with van der Waals surface area (Å²) in [5.41, 5.74) is 1.93. The molecule has 1 saturated heterocycles. The second kappa shape index (κ2) is 5.63. The van der Waals surface area contributed by atoms with E-state index in [0.717, 1.165) is 48.4 Å². The number of rotatable bonds is 4. The maximum atomic E-state index is 10.8. The lowest BCUT2D eigenvalue weighted by Crippen LogP contribution is -2.47. The molecule has 2 fully saturated rings. The van der Waals surface area contributed by atoms with Gasteiger partial charge < -0.3 is 4.90 Å². The molecule has 1 aromatic carbocycles. The van der Waals surface area contributed by atoms with Gasteiger partial charge in [0, 0.05) is 42.8 Å². The third-order valence-corrected chi connectivity index (χ3v) is 4.67. The summed E-state index contributed by atoms with van der Waals surface area (Å²) in [6.07, 6.45) is 3.75. The summed E-state index contributed by atoms with van der Waals surface area (Å²) in [4.78, 5) is 15.7. The van der Waals surface area contributed by atoms with Gasteiger partial charge in [-0.3, -0.25) is 9.69 Å². The Balaban J connectivity index is 1.62. The Kier molecular flexibility index (Phi) is 3.89. The first-order valence-electron chi connectivity index (χ1n) is 6.98. The van der Waals surface area contributed by atoms with Crippen molar-refractivity contribution >= 4 is 27.9 Å². The topological polar surface area (TPSA) is 23.6 Å². The van der Waals surface area contributed by atoms with Crippen LogP contribution in [0.5, 0.6) is 0 Å². The van der Waals surface area contributed by atoms with Gasteiger partial charge in [0.2, 0.25) is 0 Å². The summed E-state index contributed by atoms with van der Waals surface area (Å²) in [6, 6.07) is 5.84. The number of hydrogen-bond acceptors (Lipinski definition) is 3. The molecule has 1 aliphatic carbocycles. The predicted molar refractivity (Wildman–Crippen MR) is 80.9 cm³/mol. The standard InChI is InChI=1S/C15H19BrN2O/c16-14-9-13(11-19)3-4-15(14)18-7-5-17(6-8-18)10-12-1-2-12/h3-4,9,11-12H,1-2,5-8,10H2. The number of benzene rings is 1. The van der Waals surface area contributed by atoms with E-state index in [9.17, 15) is 4.79 Å². The first kappa shape index (κ1) is 13.1. The van der Waals surface area contributed by atoms with E-state index in [4.69, 9.17) is 0 Å². The molecule has 1 aromatic rings. The molecule has 102 valence electrons. The molecule has 2 aliphatic rings. The molecule has 1 saturated carbocycles. The van der Waals surface area contributed by atoms with Crippen molar-refractivity contribution in [2.24, 2.45) is 5.92 Å². The van der Waals surface area contributed by atoms with E-state index < -0.39 is 0 Å². The third kappa shape index (κ3) is 3.18. The highest BCUT2D eigenvalue weighted by atomic mass is 79.9. The van der Waals surface area contributed by atoms with Crippen LogP contribution >= 0.6 is 15.9 Å². The molecule has 0 atom stereocenters. The maximum absolute atomic E-state index is 10.8. The average Bonchev–Trinajstić information content (AvgIpc) is 3.24. The molecule has 0 bridgehead atoms. The Labute approximate surface area is 122 Å². The molecule has 0 unspecified atom stereocenters. The fourth-order valence-electron chi connectivity index (χ4n) is 2.69. The van der Waals surface area contributed by atoms with Gasteiger partial charge in [-0.05, 0) is 52.9 Å². The van der Waals surface area contributed by atoms with Crippen LogP contribution < -0.4 is 4.90 Å². The van der Waals surface area contributed by atoms with Crippen LogP contribution in [0.2, 0.25) is 0 Å². The van der Waals surface area contributed by atoms with Gasteiger partial charge in [0.15, 0.2) is 0 Å². The van der Waals surface area contributed by atoms with E-state index in [-0.39, 0.29) is 0 Å². The Bertz CT molecular complexity index is 465. The highest BCUT2D eigenvalue weighted by Crippen LogP contribution is 2.31. The molecule has 1 heterocycles. The molecule has 4 heteroatoms. The highest BCUT2D eigenvalue weighted by Gasteiger charge is 2.26. The first-order valence-corrected chi connectivity index (χ1v) is 7.77. The van der Waals surface area contributed by atoms with Crippen LogP contribution in [0.1, 0.15) is 23.2 Å². The molecule has 3 nitrogen and oxygen atoms in total. The van der Waals surface area contributed by atoms with Gasteiger partial charge in [0.1, 0.15) is 6.29 Å². The molecular weight excluding hydrogens is 304 g/mol. The molecule has 0 aromatic heterocycles. The Morgan fingerprint density at radius 1 is 1.21 bits per heavy atom. The van der Waals surface area contributed by atoms with E-state index in [1.165, 1.54) is 25.1 Å². The maximum Gasteiger partial charge on any atom is 0.150 e. The number of piperazine rings is 1. The van der Waals surface area contributed by atoms with Gasteiger partial charge in [-0.2, -0.15) is 0 Å². The smallest absolute Gasteiger partial charge is 0.150 e. The van der Waals surface area contributed by atoms with Crippen LogP contribution in [0.25, 0.3) is 0 Å². The molecular formula is C15H19BrN2O. The van der Waals surface area contributed by atoms with Crippen LogP contribution in [0.3, 0.4) is 0 Å². The van der Waals surface area contributed by atoms with Crippen molar-refractivity contribution in [3.8, 4) is 0 Å². The van der Waals surface area contributed by atoms with Crippen LogP contribution in [0, 0.1) is 5.92 Å². The summed E-state index contributed by atoms with van der Waals surface area (Å²) in [7, 11) is 0. The third-order valence-electron chi connectivity index (χ3n) is 4.03. The Hall–Kier alpha value is -0.870. The minimum Gasteiger partial charge on any atom is -0.368 e. The van der Waals surface area contributed by atoms with E-state index in [0.29, 0.717) is 0 Å². The van der Waals surface area contributed by atoms with Crippen molar-refractivity contribution in [1.29, 1.82) is 0 Å². The molecule has 0 amide bonds. The largest absolute Gasteiger partial charge is 0.368 e. The monoisotopic (exact) mass is 322 g/mol. The van der Waals surface area contributed by atoms with E-state index in [1.807, 2.05) is 18.2 Å². The number of carbonyl (C=O) groups is 1. The molecule has 3 rings (SSSR count). The van der Waals surface area contributed by atoms with Crippen LogP contribution in [-0.2, 0) is 0 Å². The zero-order chi connectivity index (χ0) is 13.2. The van der Waals surface area contributed by atoms with Gasteiger partial charge in [-0.1, -0.05) is 0 Å². The Morgan fingerprint density at radius 2 is 1.95 bits per heavy atom. The van der Waals surface area contributed by atoms with Crippen molar-refractivity contribution in [2.45, 2.75) is 12.8 Å². The Morgan fingerprint density at radius 3 is 2.53 bits per heavy atom. The number of aldehydes is 1. The first-order chi connectivity index (χ1) is 9.26. The predicted octanol–water partition coefficient (Wildman–Crippen LogP) is 2.79. The van der Waals surface area contributed by atoms with E-state index >= 15 is 0 Å². The van der Waals surface area contributed by atoms with Crippen LogP contribution in [0.15, 0.2) is 22.7 Å². The number of hydrogen-bond donors (Lipinski definition) is 0. The lowest BCUT2D eigenvalue weighted by Gasteiger charge is -2.36. The fraction of sp³-hybridized carbons (Fsp3) is 0.533. The molecule has 0 spiro atoms. The van der Waals surface area contributed by atoms with Gasteiger partial charge in [-0.25, -0.2) is 0 Å². The minimum absolute atomic E-state index is 0.725. The van der Waals surface area contributed by atoms with Crippen molar-refractivity contribution in [3.05, 3.63) is 28.2 Å². The zero-order valence-corrected chi connectivity index (χ0v) is 12.6. The average molecular weight is 323 g/mol. The number of halogens is 1. The number of anilines is 1. The van der Waals surface area contributed by atoms with Gasteiger partial charge in [0.25, 0.3) is 0 Å². The zero-order valence-electron chi connectivity index (χ0n) is 11.0. The van der Waals surface area contributed by atoms with Crippen molar-refractivity contribution in [1.82, 2.24) is 4.90 Å². The lowest BCUT2D eigenvalue weighted by molar-refractivity contribution is 0.112. The molecule has 0 radical (unpaired) electrons. The molecule has 1 aliphatic heterocycles. The molecule has 0 N–H and O–H groups in total. The van der Waals surface area contributed by atoms with Crippen molar-refractivity contribution < 1.29 is 4.79 Å². The van der Waals surface area contributed by atoms with Gasteiger partial charge >= 0.3 is 0 Å². The van der Waals surface area contributed by atoms with Crippen LogP contribution in [-0.4, -0.2) is 43.9 Å². The highest BCUT2D eigenvalue weighted by molar-refractivity contribution is 9.10.